The summed E-state index contributed by atoms with van der Waals surface area (Å²) < 4.78 is 4.82. The van der Waals surface area contributed by atoms with Crippen molar-refractivity contribution in [1.82, 2.24) is 40.9 Å². The van der Waals surface area contributed by atoms with Crippen molar-refractivity contribution in [2.24, 2.45) is 0 Å². The van der Waals surface area contributed by atoms with Gasteiger partial charge in [-0.25, -0.2) is 9.78 Å². The number of hydroxylamine groups is 2. The first-order valence-corrected chi connectivity index (χ1v) is 13.5. The lowest BCUT2D eigenvalue weighted by Crippen LogP contribution is -2.55. The second-order valence-corrected chi connectivity index (χ2v) is 9.45. The number of aromatic nitrogens is 5. The van der Waals surface area contributed by atoms with E-state index >= 15 is 0 Å². The van der Waals surface area contributed by atoms with Gasteiger partial charge in [-0.1, -0.05) is 65.9 Å². The van der Waals surface area contributed by atoms with Crippen LogP contribution in [0.1, 0.15) is 23.2 Å². The van der Waals surface area contributed by atoms with Crippen LogP contribution in [-0.4, -0.2) is 92.4 Å². The quantitative estimate of drug-likeness (QED) is 0.287. The molecule has 0 aliphatic carbocycles. The SMILES string of the molecule is CCOC(=O)ON1CCN(C(=O)[C@H](Cc2nn[nH]n2)NC(=O)c2cc(-c3ccccc3)cc(-c3ccccc3)n2)CC1. The number of ether oxygens (including phenoxy) is 1. The van der Waals surface area contributed by atoms with Crippen molar-refractivity contribution in [3.05, 3.63) is 84.3 Å². The van der Waals surface area contributed by atoms with Gasteiger partial charge in [-0.15, -0.1) is 15.3 Å². The van der Waals surface area contributed by atoms with E-state index in [4.69, 9.17) is 9.57 Å². The number of rotatable bonds is 9. The minimum Gasteiger partial charge on any atom is -0.433 e. The van der Waals surface area contributed by atoms with Gasteiger partial charge in [0.05, 0.1) is 25.4 Å². The van der Waals surface area contributed by atoms with Crippen molar-refractivity contribution >= 4 is 18.0 Å². The van der Waals surface area contributed by atoms with Gasteiger partial charge in [0.15, 0.2) is 5.82 Å². The van der Waals surface area contributed by atoms with Crippen LogP contribution in [0.5, 0.6) is 0 Å². The number of H-pyrrole nitrogens is 1. The Bertz CT molecular complexity index is 1440. The number of pyridine rings is 1. The van der Waals surface area contributed by atoms with Gasteiger partial charge >= 0.3 is 6.16 Å². The van der Waals surface area contributed by atoms with E-state index in [2.05, 4.69) is 30.9 Å². The van der Waals surface area contributed by atoms with E-state index in [1.165, 1.54) is 5.06 Å². The lowest BCUT2D eigenvalue weighted by molar-refractivity contribution is -0.157. The Morgan fingerprint density at radius 2 is 1.62 bits per heavy atom. The number of hydrogen-bond donors (Lipinski definition) is 2. The second kappa shape index (κ2) is 13.5. The zero-order chi connectivity index (χ0) is 29.3. The Kier molecular flexibility index (Phi) is 9.09. The molecular formula is C29H30N8O5. The molecule has 1 fully saturated rings. The molecule has 42 heavy (non-hydrogen) atoms. The summed E-state index contributed by atoms with van der Waals surface area (Å²) in [4.78, 5) is 50.4. The van der Waals surface area contributed by atoms with Crippen molar-refractivity contribution in [1.29, 1.82) is 0 Å². The lowest BCUT2D eigenvalue weighted by Gasteiger charge is -2.34. The van der Waals surface area contributed by atoms with E-state index in [-0.39, 0.29) is 56.6 Å². The van der Waals surface area contributed by atoms with Crippen LogP contribution in [-0.2, 0) is 20.8 Å². The topological polar surface area (TPSA) is 156 Å². The van der Waals surface area contributed by atoms with Crippen LogP contribution >= 0.6 is 0 Å². The average molecular weight is 571 g/mol. The Morgan fingerprint density at radius 1 is 0.929 bits per heavy atom. The molecule has 13 nitrogen and oxygen atoms in total. The molecule has 2 amide bonds. The molecule has 13 heteroatoms. The zero-order valence-corrected chi connectivity index (χ0v) is 23.0. The minimum absolute atomic E-state index is 0.0184. The van der Waals surface area contributed by atoms with Crippen molar-refractivity contribution in [2.75, 3.05) is 32.8 Å². The normalized spacial score (nSPS) is 14.2. The number of amides is 2. The average Bonchev–Trinajstić information content (AvgIpc) is 3.55. The van der Waals surface area contributed by atoms with Crippen LogP contribution in [0.25, 0.3) is 22.4 Å². The molecule has 1 saturated heterocycles. The van der Waals surface area contributed by atoms with Gasteiger partial charge in [-0.2, -0.15) is 5.21 Å². The van der Waals surface area contributed by atoms with E-state index in [9.17, 15) is 14.4 Å². The van der Waals surface area contributed by atoms with E-state index < -0.39 is 18.1 Å². The van der Waals surface area contributed by atoms with E-state index in [1.807, 2.05) is 66.7 Å². The lowest BCUT2D eigenvalue weighted by atomic mass is 10.0. The van der Waals surface area contributed by atoms with Crippen LogP contribution in [0.2, 0.25) is 0 Å². The predicted molar refractivity (Wildman–Crippen MR) is 151 cm³/mol. The largest absolute Gasteiger partial charge is 0.527 e. The Labute approximate surface area is 241 Å². The number of aromatic amines is 1. The van der Waals surface area contributed by atoms with Crippen LogP contribution in [0.3, 0.4) is 0 Å². The Morgan fingerprint density at radius 3 is 2.26 bits per heavy atom. The smallest absolute Gasteiger partial charge is 0.433 e. The van der Waals surface area contributed by atoms with Crippen LogP contribution < -0.4 is 5.32 Å². The molecule has 0 unspecified atom stereocenters. The molecule has 2 aromatic carbocycles. The van der Waals surface area contributed by atoms with Crippen LogP contribution in [0.4, 0.5) is 4.79 Å². The van der Waals surface area contributed by atoms with E-state index in [1.54, 1.807) is 17.9 Å². The molecule has 0 bridgehead atoms. The Balaban J connectivity index is 1.37. The summed E-state index contributed by atoms with van der Waals surface area (Å²) in [7, 11) is 0. The van der Waals surface area contributed by atoms with Gasteiger partial charge in [0, 0.05) is 25.1 Å². The van der Waals surface area contributed by atoms with Gasteiger partial charge in [0.1, 0.15) is 11.7 Å². The number of carbonyl (C=O) groups is 3. The van der Waals surface area contributed by atoms with Gasteiger partial charge in [0.25, 0.3) is 5.91 Å². The van der Waals surface area contributed by atoms with E-state index in [0.717, 1.165) is 16.7 Å². The molecule has 1 aliphatic rings. The van der Waals surface area contributed by atoms with E-state index in [0.29, 0.717) is 5.69 Å². The highest BCUT2D eigenvalue weighted by Gasteiger charge is 2.31. The number of tetrazole rings is 1. The first-order valence-electron chi connectivity index (χ1n) is 13.5. The molecule has 0 spiro atoms. The summed E-state index contributed by atoms with van der Waals surface area (Å²) in [5.74, 6) is -0.573. The van der Waals surface area contributed by atoms with Gasteiger partial charge in [-0.3, -0.25) is 9.59 Å². The van der Waals surface area contributed by atoms with Gasteiger partial charge in [-0.05, 0) is 30.2 Å². The third-order valence-corrected chi connectivity index (χ3v) is 6.63. The molecule has 0 radical (unpaired) electrons. The standard InChI is InChI=1S/C29H30N8O5/c1-2-41-29(40)42-37-15-13-36(14-16-37)28(39)25(19-26-32-34-35-33-26)31-27(38)24-18-22(20-9-5-3-6-10-20)17-23(30-24)21-11-7-4-8-12-21/h3-12,17-18,25H,2,13-16,19H2,1H3,(H,31,38)(H,32,33,34,35)/t25-/m0/s1. The number of hydrogen-bond acceptors (Lipinski definition) is 10. The fourth-order valence-corrected chi connectivity index (χ4v) is 4.55. The maximum atomic E-state index is 13.7. The minimum atomic E-state index is -0.991. The molecular weight excluding hydrogens is 540 g/mol. The van der Waals surface area contributed by atoms with Crippen molar-refractivity contribution in [3.63, 3.8) is 0 Å². The highest BCUT2D eigenvalue weighted by molar-refractivity contribution is 5.97. The van der Waals surface area contributed by atoms with Crippen molar-refractivity contribution < 1.29 is 24.0 Å². The maximum absolute atomic E-state index is 13.7. The highest BCUT2D eigenvalue weighted by atomic mass is 16.8. The fourth-order valence-electron chi connectivity index (χ4n) is 4.55. The summed E-state index contributed by atoms with van der Waals surface area (Å²) >= 11 is 0. The number of nitrogens with one attached hydrogen (secondary N) is 2. The molecule has 5 rings (SSSR count). The van der Waals surface area contributed by atoms with Crippen LogP contribution in [0, 0.1) is 0 Å². The zero-order valence-electron chi connectivity index (χ0n) is 23.0. The summed E-state index contributed by atoms with van der Waals surface area (Å²) in [5, 5.41) is 18.2. The van der Waals surface area contributed by atoms with Gasteiger partial charge < -0.3 is 19.8 Å². The first kappa shape index (κ1) is 28.4. The molecule has 2 N–H and O–H groups in total. The predicted octanol–water partition coefficient (Wildman–Crippen LogP) is 2.50. The molecule has 4 aromatic rings. The number of piperazine rings is 1. The van der Waals surface area contributed by atoms with Crippen molar-refractivity contribution in [3.8, 4) is 22.4 Å². The number of benzene rings is 2. The molecule has 1 aliphatic heterocycles. The Hall–Kier alpha value is -5.17. The molecule has 3 heterocycles. The van der Waals surface area contributed by atoms with Gasteiger partial charge in [0.2, 0.25) is 5.91 Å². The molecule has 1 atom stereocenters. The maximum Gasteiger partial charge on any atom is 0.527 e. The molecule has 216 valence electrons. The third kappa shape index (κ3) is 7.12. The monoisotopic (exact) mass is 570 g/mol. The second-order valence-electron chi connectivity index (χ2n) is 9.45. The fraction of sp³-hybridized carbons (Fsp3) is 0.276. The summed E-state index contributed by atoms with van der Waals surface area (Å²) in [6.07, 6.45) is -0.774. The summed E-state index contributed by atoms with van der Waals surface area (Å²) in [6, 6.07) is 21.9. The number of carbonyl (C=O) groups excluding carboxylic acids is 3. The number of nitrogens with zero attached hydrogens (tertiary/aromatic N) is 6. The summed E-state index contributed by atoms with van der Waals surface area (Å²) in [6.45, 7) is 3.01. The first-order chi connectivity index (χ1) is 20.5. The third-order valence-electron chi connectivity index (χ3n) is 6.63. The molecule has 0 saturated carbocycles. The van der Waals surface area contributed by atoms with Crippen molar-refractivity contribution in [2.45, 2.75) is 19.4 Å². The molecule has 2 aromatic heterocycles. The summed E-state index contributed by atoms with van der Waals surface area (Å²) in [5.41, 5.74) is 3.38. The highest BCUT2D eigenvalue weighted by Crippen LogP contribution is 2.26. The van der Waals surface area contributed by atoms with Crippen LogP contribution in [0.15, 0.2) is 72.8 Å².